The van der Waals surface area contributed by atoms with Crippen molar-refractivity contribution in [3.63, 3.8) is 0 Å². The highest BCUT2D eigenvalue weighted by Crippen LogP contribution is 2.29. The van der Waals surface area contributed by atoms with Gasteiger partial charge in [-0.25, -0.2) is 13.8 Å². The van der Waals surface area contributed by atoms with Crippen LogP contribution >= 0.6 is 11.6 Å². The molecule has 0 saturated carbocycles. The van der Waals surface area contributed by atoms with Crippen molar-refractivity contribution in [2.24, 2.45) is 0 Å². The molecular weight excluding hydrogens is 218 g/mol. The van der Waals surface area contributed by atoms with E-state index in [1.165, 1.54) is 6.92 Å². The number of halogens is 3. The van der Waals surface area contributed by atoms with Gasteiger partial charge >= 0.3 is 5.69 Å². The molecular formula is C7H5ClF2N2O2. The second kappa shape index (κ2) is 3.83. The zero-order valence-electron chi connectivity index (χ0n) is 7.00. The summed E-state index contributed by atoms with van der Waals surface area (Å²) in [7, 11) is 0. The minimum absolute atomic E-state index is 0.0744. The molecule has 76 valence electrons. The molecule has 1 aromatic rings. The molecule has 0 aromatic carbocycles. The topological polar surface area (TPSA) is 56.0 Å². The van der Waals surface area contributed by atoms with Gasteiger partial charge in [0, 0.05) is 5.56 Å². The highest BCUT2D eigenvalue weighted by molar-refractivity contribution is 6.31. The van der Waals surface area contributed by atoms with Gasteiger partial charge in [-0.15, -0.1) is 0 Å². The fourth-order valence-electron chi connectivity index (χ4n) is 0.983. The number of alkyl halides is 2. The molecule has 0 spiro atoms. The van der Waals surface area contributed by atoms with Crippen LogP contribution in [0.1, 0.15) is 17.7 Å². The Bertz CT molecular complexity index is 361. The van der Waals surface area contributed by atoms with Gasteiger partial charge in [-0.1, -0.05) is 11.6 Å². The molecule has 0 aliphatic rings. The minimum atomic E-state index is -2.79. The Morgan fingerprint density at radius 3 is 2.57 bits per heavy atom. The van der Waals surface area contributed by atoms with Crippen LogP contribution in [-0.2, 0) is 0 Å². The van der Waals surface area contributed by atoms with Crippen LogP contribution in [0, 0.1) is 17.0 Å². The molecule has 7 heteroatoms. The van der Waals surface area contributed by atoms with E-state index >= 15 is 0 Å². The van der Waals surface area contributed by atoms with Gasteiger partial charge in [0.2, 0.25) is 5.15 Å². The van der Waals surface area contributed by atoms with Crippen LogP contribution in [0.4, 0.5) is 14.5 Å². The van der Waals surface area contributed by atoms with Crippen LogP contribution in [0.15, 0.2) is 6.07 Å². The summed E-state index contributed by atoms with van der Waals surface area (Å²) in [6.45, 7) is 1.33. The van der Waals surface area contributed by atoms with Gasteiger partial charge in [0.25, 0.3) is 6.43 Å². The summed E-state index contributed by atoms with van der Waals surface area (Å²) in [5.74, 6) is 0. The van der Waals surface area contributed by atoms with Gasteiger partial charge in [-0.3, -0.25) is 10.1 Å². The molecule has 0 aliphatic carbocycles. The molecule has 0 aliphatic heterocycles. The molecule has 0 atom stereocenters. The van der Waals surface area contributed by atoms with Crippen molar-refractivity contribution >= 4 is 17.3 Å². The predicted octanol–water partition coefficient (Wildman–Crippen LogP) is 2.89. The Hall–Kier alpha value is -1.30. The first-order valence-electron chi connectivity index (χ1n) is 3.53. The zero-order valence-corrected chi connectivity index (χ0v) is 7.76. The SMILES string of the molecule is Cc1cc(C(F)F)nc(Cl)c1[N+](=O)[O-]. The largest absolute Gasteiger partial charge is 0.309 e. The number of hydrogen-bond acceptors (Lipinski definition) is 3. The lowest BCUT2D eigenvalue weighted by molar-refractivity contribution is -0.385. The molecule has 1 rings (SSSR count). The van der Waals surface area contributed by atoms with Crippen LogP contribution in [0.5, 0.6) is 0 Å². The zero-order chi connectivity index (χ0) is 10.9. The van der Waals surface area contributed by atoms with Crippen LogP contribution in [-0.4, -0.2) is 9.91 Å². The molecule has 4 nitrogen and oxygen atoms in total. The quantitative estimate of drug-likeness (QED) is 0.439. The van der Waals surface area contributed by atoms with Crippen molar-refractivity contribution < 1.29 is 13.7 Å². The maximum absolute atomic E-state index is 12.2. The highest BCUT2D eigenvalue weighted by Gasteiger charge is 2.21. The molecule has 14 heavy (non-hydrogen) atoms. The van der Waals surface area contributed by atoms with Crippen LogP contribution in [0.3, 0.4) is 0 Å². The van der Waals surface area contributed by atoms with E-state index in [-0.39, 0.29) is 5.56 Å². The molecule has 0 saturated heterocycles. The Balaban J connectivity index is 3.32. The monoisotopic (exact) mass is 222 g/mol. The Labute approximate surface area is 82.7 Å². The molecule has 1 heterocycles. The first kappa shape index (κ1) is 10.8. The number of pyridine rings is 1. The fraction of sp³-hybridized carbons (Fsp3) is 0.286. The first-order valence-corrected chi connectivity index (χ1v) is 3.91. The molecule has 0 radical (unpaired) electrons. The highest BCUT2D eigenvalue weighted by atomic mass is 35.5. The molecule has 0 fully saturated rings. The van der Waals surface area contributed by atoms with E-state index in [1.54, 1.807) is 0 Å². The van der Waals surface area contributed by atoms with E-state index in [0.717, 1.165) is 6.07 Å². The molecule has 0 unspecified atom stereocenters. The average Bonchev–Trinajstić information content (AvgIpc) is 2.01. The Morgan fingerprint density at radius 2 is 2.21 bits per heavy atom. The summed E-state index contributed by atoms with van der Waals surface area (Å²) in [6, 6.07) is 0.953. The lowest BCUT2D eigenvalue weighted by Gasteiger charge is -2.02. The van der Waals surface area contributed by atoms with E-state index in [4.69, 9.17) is 11.6 Å². The summed E-state index contributed by atoms with van der Waals surface area (Å²) in [6.07, 6.45) is -2.79. The van der Waals surface area contributed by atoms with Crippen molar-refractivity contribution in [3.05, 3.63) is 32.6 Å². The third-order valence-corrected chi connectivity index (χ3v) is 1.83. The summed E-state index contributed by atoms with van der Waals surface area (Å²) in [4.78, 5) is 12.9. The standard InChI is InChI=1S/C7H5ClF2N2O2/c1-3-2-4(7(9)10)11-6(8)5(3)12(13)14/h2,7H,1H3. The molecule has 0 bridgehead atoms. The van der Waals surface area contributed by atoms with Gasteiger partial charge in [0.1, 0.15) is 5.69 Å². The van der Waals surface area contributed by atoms with Crippen molar-refractivity contribution in [2.75, 3.05) is 0 Å². The lowest BCUT2D eigenvalue weighted by atomic mass is 10.2. The van der Waals surface area contributed by atoms with Gasteiger partial charge in [-0.2, -0.15) is 0 Å². The third-order valence-electron chi connectivity index (χ3n) is 1.57. The summed E-state index contributed by atoms with van der Waals surface area (Å²) < 4.78 is 24.3. The summed E-state index contributed by atoms with van der Waals surface area (Å²) >= 11 is 5.39. The van der Waals surface area contributed by atoms with Crippen LogP contribution in [0.2, 0.25) is 5.15 Å². The van der Waals surface area contributed by atoms with Crippen molar-refractivity contribution in [3.8, 4) is 0 Å². The molecule has 0 N–H and O–H groups in total. The van der Waals surface area contributed by atoms with E-state index in [1.807, 2.05) is 0 Å². The lowest BCUT2D eigenvalue weighted by Crippen LogP contribution is -1.99. The fourth-order valence-corrected chi connectivity index (χ4v) is 1.30. The number of nitrogens with zero attached hydrogens (tertiary/aromatic N) is 2. The third kappa shape index (κ3) is 1.95. The number of nitro groups is 1. The van der Waals surface area contributed by atoms with Crippen LogP contribution < -0.4 is 0 Å². The maximum Gasteiger partial charge on any atom is 0.309 e. The second-order valence-electron chi connectivity index (χ2n) is 2.56. The number of rotatable bonds is 2. The second-order valence-corrected chi connectivity index (χ2v) is 2.92. The van der Waals surface area contributed by atoms with Crippen molar-refractivity contribution in [2.45, 2.75) is 13.3 Å². The molecule has 0 amide bonds. The smallest absolute Gasteiger partial charge is 0.258 e. The van der Waals surface area contributed by atoms with E-state index in [9.17, 15) is 18.9 Å². The Morgan fingerprint density at radius 1 is 1.64 bits per heavy atom. The number of hydrogen-bond donors (Lipinski definition) is 0. The van der Waals surface area contributed by atoms with E-state index < -0.39 is 27.9 Å². The maximum atomic E-state index is 12.2. The van der Waals surface area contributed by atoms with Crippen molar-refractivity contribution in [1.82, 2.24) is 4.98 Å². The van der Waals surface area contributed by atoms with Gasteiger partial charge in [0.05, 0.1) is 4.92 Å². The van der Waals surface area contributed by atoms with Gasteiger partial charge in [0.15, 0.2) is 0 Å². The van der Waals surface area contributed by atoms with E-state index in [0.29, 0.717) is 0 Å². The predicted molar refractivity (Wildman–Crippen MR) is 45.6 cm³/mol. The number of aryl methyl sites for hydroxylation is 1. The minimum Gasteiger partial charge on any atom is -0.258 e. The molecule has 1 aromatic heterocycles. The normalized spacial score (nSPS) is 10.6. The Kier molecular flexibility index (Phi) is 2.95. The van der Waals surface area contributed by atoms with Gasteiger partial charge in [-0.05, 0) is 13.0 Å². The summed E-state index contributed by atoms with van der Waals surface area (Å²) in [5, 5.41) is 9.91. The van der Waals surface area contributed by atoms with Gasteiger partial charge < -0.3 is 0 Å². The van der Waals surface area contributed by atoms with Crippen LogP contribution in [0.25, 0.3) is 0 Å². The van der Waals surface area contributed by atoms with E-state index in [2.05, 4.69) is 4.98 Å². The van der Waals surface area contributed by atoms with Crippen molar-refractivity contribution in [1.29, 1.82) is 0 Å². The number of aromatic nitrogens is 1. The average molecular weight is 223 g/mol. The first-order chi connectivity index (χ1) is 6.43. The summed E-state index contributed by atoms with van der Waals surface area (Å²) in [5.41, 5.74) is -0.917.